The fourth-order valence-corrected chi connectivity index (χ4v) is 2.64. The first-order valence-corrected chi connectivity index (χ1v) is 9.00. The molecule has 0 saturated heterocycles. The van der Waals surface area contributed by atoms with Crippen LogP contribution in [0.1, 0.15) is 43.0 Å². The van der Waals surface area contributed by atoms with Crippen LogP contribution in [0.5, 0.6) is 11.5 Å². The highest BCUT2D eigenvalue weighted by Crippen LogP contribution is 2.30. The molecule has 2 rings (SSSR count). The molecule has 0 unspecified atom stereocenters. The van der Waals surface area contributed by atoms with Gasteiger partial charge < -0.3 is 14.6 Å². The quantitative estimate of drug-likeness (QED) is 0.423. The van der Waals surface area contributed by atoms with E-state index in [1.54, 1.807) is 24.3 Å². The highest BCUT2D eigenvalue weighted by molar-refractivity contribution is 5.96. The van der Waals surface area contributed by atoms with Crippen molar-refractivity contribution in [2.24, 2.45) is 0 Å². The van der Waals surface area contributed by atoms with Gasteiger partial charge in [-0.3, -0.25) is 0 Å². The van der Waals surface area contributed by atoms with Crippen LogP contribution in [0, 0.1) is 0 Å². The lowest BCUT2D eigenvalue weighted by Crippen LogP contribution is -2.01. The maximum atomic E-state index is 11.5. The van der Waals surface area contributed by atoms with Gasteiger partial charge in [-0.1, -0.05) is 51.0 Å². The van der Waals surface area contributed by atoms with Crippen molar-refractivity contribution in [3.05, 3.63) is 60.7 Å². The summed E-state index contributed by atoms with van der Waals surface area (Å²) in [6, 6.07) is 12.5. The van der Waals surface area contributed by atoms with E-state index in [1.165, 1.54) is 19.3 Å². The standard InChI is InChI=1S/C22H26O4/c1-3-5-6-7-15-26-18-10-8-17(9-11-18)21-16-19(25-14-4-2)12-13-20(21)22(23)24/h4,8-13,16H,2-3,5-7,14-15H2,1H3,(H,23,24). The Balaban J connectivity index is 2.13. The number of benzene rings is 2. The Morgan fingerprint density at radius 3 is 2.42 bits per heavy atom. The van der Waals surface area contributed by atoms with Crippen molar-refractivity contribution >= 4 is 5.97 Å². The molecule has 0 heterocycles. The Hall–Kier alpha value is -2.75. The van der Waals surface area contributed by atoms with E-state index in [2.05, 4.69) is 13.5 Å². The predicted octanol–water partition coefficient (Wildman–Crippen LogP) is 5.58. The maximum Gasteiger partial charge on any atom is 0.336 e. The Bertz CT molecular complexity index is 719. The number of hydrogen-bond acceptors (Lipinski definition) is 3. The van der Waals surface area contributed by atoms with Gasteiger partial charge in [-0.15, -0.1) is 0 Å². The summed E-state index contributed by atoms with van der Waals surface area (Å²) in [7, 11) is 0. The second-order valence-corrected chi connectivity index (χ2v) is 6.05. The fourth-order valence-electron chi connectivity index (χ4n) is 2.64. The van der Waals surface area contributed by atoms with E-state index < -0.39 is 5.97 Å². The van der Waals surface area contributed by atoms with Crippen molar-refractivity contribution in [3.63, 3.8) is 0 Å². The summed E-state index contributed by atoms with van der Waals surface area (Å²) in [5.41, 5.74) is 1.67. The molecule has 0 amide bonds. The molecule has 4 heteroatoms. The molecular weight excluding hydrogens is 328 g/mol. The largest absolute Gasteiger partial charge is 0.494 e. The number of rotatable bonds is 11. The number of hydrogen-bond donors (Lipinski definition) is 1. The Morgan fingerprint density at radius 1 is 1.04 bits per heavy atom. The Labute approximate surface area is 155 Å². The minimum atomic E-state index is -0.966. The highest BCUT2D eigenvalue weighted by atomic mass is 16.5. The van der Waals surface area contributed by atoms with Gasteiger partial charge in [0.05, 0.1) is 12.2 Å². The zero-order valence-electron chi connectivity index (χ0n) is 15.2. The Kier molecular flexibility index (Phi) is 7.75. The molecule has 0 fully saturated rings. The van der Waals surface area contributed by atoms with Crippen molar-refractivity contribution in [1.82, 2.24) is 0 Å². The van der Waals surface area contributed by atoms with Crippen molar-refractivity contribution < 1.29 is 19.4 Å². The summed E-state index contributed by atoms with van der Waals surface area (Å²) < 4.78 is 11.3. The van der Waals surface area contributed by atoms with Gasteiger partial charge in [-0.05, 0) is 47.9 Å². The zero-order valence-corrected chi connectivity index (χ0v) is 15.2. The summed E-state index contributed by atoms with van der Waals surface area (Å²) in [6.45, 7) is 6.87. The van der Waals surface area contributed by atoms with Crippen LogP contribution >= 0.6 is 0 Å². The molecule has 0 bridgehead atoms. The van der Waals surface area contributed by atoms with Crippen LogP contribution in [0.2, 0.25) is 0 Å². The number of ether oxygens (including phenoxy) is 2. The van der Waals surface area contributed by atoms with E-state index >= 15 is 0 Å². The summed E-state index contributed by atoms with van der Waals surface area (Å²) in [5, 5.41) is 9.45. The van der Waals surface area contributed by atoms with E-state index in [9.17, 15) is 9.90 Å². The maximum absolute atomic E-state index is 11.5. The number of carboxylic acids is 1. The monoisotopic (exact) mass is 354 g/mol. The summed E-state index contributed by atoms with van der Waals surface area (Å²) in [6.07, 6.45) is 6.30. The average molecular weight is 354 g/mol. The van der Waals surface area contributed by atoms with Crippen LogP contribution < -0.4 is 9.47 Å². The normalized spacial score (nSPS) is 10.3. The van der Waals surface area contributed by atoms with Gasteiger partial charge in [0.1, 0.15) is 18.1 Å². The average Bonchev–Trinajstić information content (AvgIpc) is 2.66. The van der Waals surface area contributed by atoms with Crippen LogP contribution in [-0.4, -0.2) is 24.3 Å². The lowest BCUT2D eigenvalue weighted by molar-refractivity contribution is 0.0697. The summed E-state index contributed by atoms with van der Waals surface area (Å²) >= 11 is 0. The summed E-state index contributed by atoms with van der Waals surface area (Å²) in [5.74, 6) is 0.439. The van der Waals surface area contributed by atoms with Crippen LogP contribution in [0.25, 0.3) is 11.1 Å². The van der Waals surface area contributed by atoms with Gasteiger partial charge >= 0.3 is 5.97 Å². The van der Waals surface area contributed by atoms with E-state index in [0.717, 1.165) is 17.7 Å². The van der Waals surface area contributed by atoms with Gasteiger partial charge in [0.25, 0.3) is 0 Å². The number of aromatic carboxylic acids is 1. The molecule has 138 valence electrons. The third-order valence-electron chi connectivity index (χ3n) is 4.02. The first-order valence-electron chi connectivity index (χ1n) is 9.00. The SMILES string of the molecule is C=CCOc1ccc(C(=O)O)c(-c2ccc(OCCCCCC)cc2)c1. The van der Waals surface area contributed by atoms with Crippen LogP contribution in [0.4, 0.5) is 0 Å². The van der Waals surface area contributed by atoms with Gasteiger partial charge in [0.2, 0.25) is 0 Å². The number of unbranched alkanes of at least 4 members (excludes halogenated alkanes) is 3. The molecule has 26 heavy (non-hydrogen) atoms. The van der Waals surface area contributed by atoms with E-state index in [-0.39, 0.29) is 5.56 Å². The van der Waals surface area contributed by atoms with Crippen LogP contribution in [0.3, 0.4) is 0 Å². The lowest BCUT2D eigenvalue weighted by Gasteiger charge is -2.11. The van der Waals surface area contributed by atoms with E-state index in [0.29, 0.717) is 24.5 Å². The third kappa shape index (κ3) is 5.66. The van der Waals surface area contributed by atoms with Gasteiger partial charge in [0.15, 0.2) is 0 Å². The fraction of sp³-hybridized carbons (Fsp3) is 0.318. The second-order valence-electron chi connectivity index (χ2n) is 6.05. The molecule has 0 aromatic heterocycles. The summed E-state index contributed by atoms with van der Waals surface area (Å²) in [4.78, 5) is 11.5. The van der Waals surface area contributed by atoms with Crippen molar-refractivity contribution in [1.29, 1.82) is 0 Å². The predicted molar refractivity (Wildman–Crippen MR) is 104 cm³/mol. The molecule has 2 aromatic rings. The first-order chi connectivity index (χ1) is 12.7. The molecule has 0 aliphatic heterocycles. The lowest BCUT2D eigenvalue weighted by atomic mass is 9.99. The second kappa shape index (κ2) is 10.3. The first kappa shape index (κ1) is 19.6. The molecule has 0 spiro atoms. The molecule has 0 saturated carbocycles. The van der Waals surface area contributed by atoms with Crippen molar-refractivity contribution in [2.75, 3.05) is 13.2 Å². The van der Waals surface area contributed by atoms with Crippen LogP contribution in [-0.2, 0) is 0 Å². The zero-order chi connectivity index (χ0) is 18.8. The van der Waals surface area contributed by atoms with E-state index in [1.807, 2.05) is 24.3 Å². The van der Waals surface area contributed by atoms with Gasteiger partial charge in [-0.2, -0.15) is 0 Å². The van der Waals surface area contributed by atoms with Crippen molar-refractivity contribution in [3.8, 4) is 22.6 Å². The molecule has 2 aromatic carbocycles. The minimum Gasteiger partial charge on any atom is -0.494 e. The minimum absolute atomic E-state index is 0.240. The molecule has 0 aliphatic rings. The Morgan fingerprint density at radius 2 is 1.77 bits per heavy atom. The molecule has 0 radical (unpaired) electrons. The van der Waals surface area contributed by atoms with Crippen LogP contribution in [0.15, 0.2) is 55.1 Å². The van der Waals surface area contributed by atoms with Gasteiger partial charge in [0, 0.05) is 0 Å². The number of carboxylic acid groups (broad SMARTS) is 1. The topological polar surface area (TPSA) is 55.8 Å². The van der Waals surface area contributed by atoms with E-state index in [4.69, 9.17) is 9.47 Å². The smallest absolute Gasteiger partial charge is 0.336 e. The third-order valence-corrected chi connectivity index (χ3v) is 4.02. The molecular formula is C22H26O4. The number of carbonyl (C=O) groups is 1. The van der Waals surface area contributed by atoms with Gasteiger partial charge in [-0.25, -0.2) is 4.79 Å². The molecule has 4 nitrogen and oxygen atoms in total. The highest BCUT2D eigenvalue weighted by Gasteiger charge is 2.13. The molecule has 1 N–H and O–H groups in total. The van der Waals surface area contributed by atoms with Crippen molar-refractivity contribution in [2.45, 2.75) is 32.6 Å². The molecule has 0 atom stereocenters. The molecule has 0 aliphatic carbocycles.